The summed E-state index contributed by atoms with van der Waals surface area (Å²) in [6.07, 6.45) is 1.88. The van der Waals surface area contributed by atoms with Crippen LogP contribution >= 0.6 is 23.2 Å². The fourth-order valence-electron chi connectivity index (χ4n) is 3.08. The molecule has 0 aliphatic rings. The zero-order valence-electron chi connectivity index (χ0n) is 16.4. The zero-order chi connectivity index (χ0) is 21.0. The van der Waals surface area contributed by atoms with Gasteiger partial charge in [-0.3, -0.25) is 4.79 Å². The summed E-state index contributed by atoms with van der Waals surface area (Å²) in [5, 5.41) is 5.11. The Morgan fingerprint density at radius 1 is 1.10 bits per heavy atom. The van der Waals surface area contributed by atoms with Crippen LogP contribution in [-0.2, 0) is 11.2 Å². The van der Waals surface area contributed by atoms with Crippen molar-refractivity contribution in [3.8, 4) is 11.4 Å². The first-order valence-electron chi connectivity index (χ1n) is 8.98. The molecule has 2 aromatic carbocycles. The number of nitrogens with one attached hydrogen (secondary N) is 1. The summed E-state index contributed by atoms with van der Waals surface area (Å²) in [6.45, 7) is 3.98. The number of carbonyl (C=O) groups is 1. The summed E-state index contributed by atoms with van der Waals surface area (Å²) in [4.78, 5) is 12.1. The molecule has 0 spiro atoms. The molecule has 0 bridgehead atoms. The number of methoxy groups -OCH3 is 1. The highest BCUT2D eigenvalue weighted by atomic mass is 35.5. The van der Waals surface area contributed by atoms with Gasteiger partial charge >= 0.3 is 0 Å². The SMILES string of the molecule is COc1ccc(CC(=O)N/N=C\c2cc(C)n(-c3ccc(Cl)c(Cl)c3)c2C)cc1. The van der Waals surface area contributed by atoms with Gasteiger partial charge in [0.2, 0.25) is 5.91 Å². The van der Waals surface area contributed by atoms with Gasteiger partial charge in [-0.2, -0.15) is 5.10 Å². The topological polar surface area (TPSA) is 55.6 Å². The number of amides is 1. The molecule has 0 aliphatic carbocycles. The van der Waals surface area contributed by atoms with Crippen molar-refractivity contribution < 1.29 is 9.53 Å². The average molecular weight is 430 g/mol. The van der Waals surface area contributed by atoms with Crippen molar-refractivity contribution in [2.24, 2.45) is 5.10 Å². The number of nitrogens with zero attached hydrogens (tertiary/aromatic N) is 2. The summed E-state index contributed by atoms with van der Waals surface area (Å²) < 4.78 is 7.17. The van der Waals surface area contributed by atoms with Crippen LogP contribution in [0.3, 0.4) is 0 Å². The molecule has 3 rings (SSSR count). The summed E-state index contributed by atoms with van der Waals surface area (Å²) in [5.74, 6) is 0.564. The van der Waals surface area contributed by atoms with Gasteiger partial charge in [-0.25, -0.2) is 5.43 Å². The highest BCUT2D eigenvalue weighted by Gasteiger charge is 2.11. The van der Waals surface area contributed by atoms with Crippen LogP contribution in [-0.4, -0.2) is 23.8 Å². The number of aryl methyl sites for hydroxylation is 1. The third-order valence-electron chi connectivity index (χ3n) is 4.55. The molecule has 0 aliphatic heterocycles. The number of hydrogen-bond donors (Lipinski definition) is 1. The second-order valence-electron chi connectivity index (χ2n) is 6.58. The van der Waals surface area contributed by atoms with E-state index in [0.717, 1.165) is 34.0 Å². The monoisotopic (exact) mass is 429 g/mol. The smallest absolute Gasteiger partial charge is 0.244 e. The Balaban J connectivity index is 1.69. The van der Waals surface area contributed by atoms with Crippen LogP contribution in [0.25, 0.3) is 5.69 Å². The maximum atomic E-state index is 12.1. The van der Waals surface area contributed by atoms with Gasteiger partial charge in [-0.15, -0.1) is 0 Å². The first-order chi connectivity index (χ1) is 13.9. The van der Waals surface area contributed by atoms with Crippen LogP contribution < -0.4 is 10.2 Å². The number of rotatable bonds is 6. The Bertz CT molecular complexity index is 1060. The number of hydrogen-bond acceptors (Lipinski definition) is 3. The Labute approximate surface area is 179 Å². The fourth-order valence-corrected chi connectivity index (χ4v) is 3.37. The molecule has 0 radical (unpaired) electrons. The highest BCUT2D eigenvalue weighted by molar-refractivity contribution is 6.42. The maximum absolute atomic E-state index is 12.1. The lowest BCUT2D eigenvalue weighted by Crippen LogP contribution is -2.19. The Morgan fingerprint density at radius 2 is 1.83 bits per heavy atom. The van der Waals surface area contributed by atoms with Gasteiger partial charge in [-0.1, -0.05) is 35.3 Å². The molecule has 150 valence electrons. The van der Waals surface area contributed by atoms with Crippen molar-refractivity contribution in [3.63, 3.8) is 0 Å². The number of aromatic nitrogens is 1. The van der Waals surface area contributed by atoms with E-state index in [1.807, 2.05) is 56.3 Å². The predicted octanol–water partition coefficient (Wildman–Crippen LogP) is 5.10. The number of halogens is 2. The van der Waals surface area contributed by atoms with E-state index in [2.05, 4.69) is 15.1 Å². The number of hydrazone groups is 1. The minimum atomic E-state index is -0.190. The van der Waals surface area contributed by atoms with Gasteiger partial charge < -0.3 is 9.30 Å². The molecule has 7 heteroatoms. The molecule has 0 fully saturated rings. The first kappa shape index (κ1) is 21.0. The molecule has 1 aromatic heterocycles. The van der Waals surface area contributed by atoms with Gasteiger partial charge in [0.05, 0.1) is 29.8 Å². The molecular weight excluding hydrogens is 409 g/mol. The molecule has 29 heavy (non-hydrogen) atoms. The molecule has 0 unspecified atom stereocenters. The van der Waals surface area contributed by atoms with E-state index in [1.165, 1.54) is 0 Å². The lowest BCUT2D eigenvalue weighted by Gasteiger charge is -2.10. The largest absolute Gasteiger partial charge is 0.497 e. The number of carbonyl (C=O) groups excluding carboxylic acids is 1. The van der Waals surface area contributed by atoms with Crippen LogP contribution in [0, 0.1) is 13.8 Å². The number of benzene rings is 2. The van der Waals surface area contributed by atoms with E-state index in [4.69, 9.17) is 27.9 Å². The maximum Gasteiger partial charge on any atom is 0.244 e. The Kier molecular flexibility index (Phi) is 6.62. The summed E-state index contributed by atoms with van der Waals surface area (Å²) in [7, 11) is 1.61. The van der Waals surface area contributed by atoms with E-state index < -0.39 is 0 Å². The fraction of sp³-hybridized carbons (Fsp3) is 0.182. The molecule has 0 saturated heterocycles. The second-order valence-corrected chi connectivity index (χ2v) is 7.39. The average Bonchev–Trinajstić information content (AvgIpc) is 2.98. The van der Waals surface area contributed by atoms with E-state index in [0.29, 0.717) is 10.0 Å². The van der Waals surface area contributed by atoms with Crippen molar-refractivity contribution >= 4 is 35.3 Å². The van der Waals surface area contributed by atoms with Crippen molar-refractivity contribution in [2.45, 2.75) is 20.3 Å². The minimum Gasteiger partial charge on any atom is -0.497 e. The molecule has 1 N–H and O–H groups in total. The summed E-state index contributed by atoms with van der Waals surface area (Å²) in [6, 6.07) is 14.9. The molecule has 1 heterocycles. The lowest BCUT2D eigenvalue weighted by molar-refractivity contribution is -0.120. The normalized spacial score (nSPS) is 11.1. The van der Waals surface area contributed by atoms with Crippen LogP contribution in [0.5, 0.6) is 5.75 Å². The lowest BCUT2D eigenvalue weighted by atomic mass is 10.1. The molecule has 1 amide bonds. The van der Waals surface area contributed by atoms with Crippen LogP contribution in [0.4, 0.5) is 0 Å². The van der Waals surface area contributed by atoms with Crippen molar-refractivity contribution in [1.29, 1.82) is 0 Å². The standard InChI is InChI=1S/C22H21Cl2N3O2/c1-14-10-17(15(2)27(14)18-6-9-20(23)21(24)12-18)13-25-26-22(28)11-16-4-7-19(29-3)8-5-16/h4-10,12-13H,11H2,1-3H3,(H,26,28)/b25-13-. The third-order valence-corrected chi connectivity index (χ3v) is 5.29. The zero-order valence-corrected chi connectivity index (χ0v) is 17.9. The van der Waals surface area contributed by atoms with Crippen molar-refractivity contribution in [1.82, 2.24) is 9.99 Å². The molecule has 0 saturated carbocycles. The van der Waals surface area contributed by atoms with E-state index in [-0.39, 0.29) is 12.3 Å². The second kappa shape index (κ2) is 9.16. The predicted molar refractivity (Wildman–Crippen MR) is 118 cm³/mol. The van der Waals surface area contributed by atoms with E-state index in [9.17, 15) is 4.79 Å². The van der Waals surface area contributed by atoms with Gasteiger partial charge in [0.15, 0.2) is 0 Å². The molecular formula is C22H21Cl2N3O2. The Morgan fingerprint density at radius 3 is 2.48 bits per heavy atom. The number of ether oxygens (including phenoxy) is 1. The van der Waals surface area contributed by atoms with Gasteiger partial charge in [-0.05, 0) is 55.8 Å². The molecule has 0 atom stereocenters. The minimum absolute atomic E-state index is 0.190. The summed E-state index contributed by atoms with van der Waals surface area (Å²) >= 11 is 12.2. The first-order valence-corrected chi connectivity index (χ1v) is 9.74. The third kappa shape index (κ3) is 5.00. The van der Waals surface area contributed by atoms with Crippen molar-refractivity contribution in [2.75, 3.05) is 7.11 Å². The van der Waals surface area contributed by atoms with Crippen LogP contribution in [0.15, 0.2) is 53.6 Å². The van der Waals surface area contributed by atoms with Crippen LogP contribution in [0.2, 0.25) is 10.0 Å². The summed E-state index contributed by atoms with van der Waals surface area (Å²) in [5.41, 5.74) is 7.27. The van der Waals surface area contributed by atoms with E-state index in [1.54, 1.807) is 19.4 Å². The van der Waals surface area contributed by atoms with Gasteiger partial charge in [0.25, 0.3) is 0 Å². The van der Waals surface area contributed by atoms with Gasteiger partial charge in [0.1, 0.15) is 5.75 Å². The highest BCUT2D eigenvalue weighted by Crippen LogP contribution is 2.27. The molecule has 3 aromatic rings. The van der Waals surface area contributed by atoms with Crippen LogP contribution in [0.1, 0.15) is 22.5 Å². The molecule has 5 nitrogen and oxygen atoms in total. The Hall–Kier alpha value is -2.76. The van der Waals surface area contributed by atoms with Gasteiger partial charge in [0, 0.05) is 22.6 Å². The van der Waals surface area contributed by atoms with E-state index >= 15 is 0 Å². The quantitative estimate of drug-likeness (QED) is 0.437. The van der Waals surface area contributed by atoms with Crippen molar-refractivity contribution in [3.05, 3.63) is 81.1 Å².